The lowest BCUT2D eigenvalue weighted by Gasteiger charge is -2.21. The number of hydrogen-bond acceptors (Lipinski definition) is 2. The van der Waals surface area contributed by atoms with E-state index in [4.69, 9.17) is 4.74 Å². The number of fused-ring (bicyclic) bond motifs is 2. The molecule has 0 bridgehead atoms. The molecule has 0 saturated heterocycles. The number of aliphatic hydroxyl groups excluding tert-OH is 1. The van der Waals surface area contributed by atoms with Crippen molar-refractivity contribution < 1.29 is 9.84 Å². The molecule has 0 amide bonds. The molecule has 0 aliphatic carbocycles. The molecule has 0 saturated carbocycles. The fourth-order valence-corrected chi connectivity index (χ4v) is 2.17. The van der Waals surface area contributed by atoms with Crippen molar-refractivity contribution in [3.63, 3.8) is 0 Å². The fraction of sp³-hybridized carbons (Fsp3) is 0.200. The molecule has 0 radical (unpaired) electrons. The maximum Gasteiger partial charge on any atom is 0.130 e. The van der Waals surface area contributed by atoms with Crippen molar-refractivity contribution in [1.82, 2.24) is 0 Å². The van der Waals surface area contributed by atoms with E-state index >= 15 is 0 Å². The Balaban J connectivity index is 2.03. The summed E-state index contributed by atoms with van der Waals surface area (Å²) >= 11 is 0. The third kappa shape index (κ3) is 1.81. The predicted octanol–water partition coefficient (Wildman–Crippen LogP) is 3.44. The van der Waals surface area contributed by atoms with Gasteiger partial charge in [0.15, 0.2) is 0 Å². The van der Waals surface area contributed by atoms with Gasteiger partial charge in [0.25, 0.3) is 0 Å². The van der Waals surface area contributed by atoms with Crippen LogP contribution in [0.4, 0.5) is 0 Å². The molecule has 2 nitrogen and oxygen atoms in total. The number of aliphatic hydroxyl groups is 1. The number of para-hydroxylation sites is 1. The van der Waals surface area contributed by atoms with Gasteiger partial charge in [0.1, 0.15) is 11.5 Å². The van der Waals surface area contributed by atoms with Crippen LogP contribution in [0.5, 0.6) is 11.5 Å². The standard InChI is InChI=1S/C15H14O2/c1-10(16)11-6-7-15-13(8-11)9-12-4-2-3-5-14(12)17-15/h2-8,10,16H,9H2,1H3. The van der Waals surface area contributed by atoms with E-state index in [1.54, 1.807) is 6.92 Å². The summed E-state index contributed by atoms with van der Waals surface area (Å²) in [5, 5.41) is 9.58. The van der Waals surface area contributed by atoms with Crippen molar-refractivity contribution in [2.75, 3.05) is 0 Å². The van der Waals surface area contributed by atoms with Gasteiger partial charge in [0.05, 0.1) is 6.10 Å². The summed E-state index contributed by atoms with van der Waals surface area (Å²) in [6.45, 7) is 1.78. The van der Waals surface area contributed by atoms with E-state index in [-0.39, 0.29) is 0 Å². The zero-order valence-electron chi connectivity index (χ0n) is 9.68. The first-order chi connectivity index (χ1) is 8.24. The third-order valence-electron chi connectivity index (χ3n) is 3.14. The van der Waals surface area contributed by atoms with Gasteiger partial charge >= 0.3 is 0 Å². The summed E-state index contributed by atoms with van der Waals surface area (Å²) in [5.41, 5.74) is 3.27. The van der Waals surface area contributed by atoms with Gasteiger partial charge in [0.2, 0.25) is 0 Å². The summed E-state index contributed by atoms with van der Waals surface area (Å²) < 4.78 is 5.83. The lowest BCUT2D eigenvalue weighted by Crippen LogP contribution is -2.04. The molecule has 1 unspecified atom stereocenters. The van der Waals surface area contributed by atoms with Crippen LogP contribution in [0, 0.1) is 0 Å². The smallest absolute Gasteiger partial charge is 0.130 e. The van der Waals surface area contributed by atoms with Crippen LogP contribution in [0.1, 0.15) is 29.7 Å². The molecule has 1 N–H and O–H groups in total. The quantitative estimate of drug-likeness (QED) is 0.688. The van der Waals surface area contributed by atoms with Gasteiger partial charge in [-0.15, -0.1) is 0 Å². The predicted molar refractivity (Wildman–Crippen MR) is 66.4 cm³/mol. The van der Waals surface area contributed by atoms with Crippen molar-refractivity contribution in [3.8, 4) is 11.5 Å². The number of benzene rings is 2. The zero-order chi connectivity index (χ0) is 11.8. The maximum atomic E-state index is 9.58. The fourth-order valence-electron chi connectivity index (χ4n) is 2.17. The van der Waals surface area contributed by atoms with Crippen LogP contribution in [-0.2, 0) is 6.42 Å². The van der Waals surface area contributed by atoms with Crippen LogP contribution in [-0.4, -0.2) is 5.11 Å². The molecule has 86 valence electrons. The van der Waals surface area contributed by atoms with E-state index in [0.29, 0.717) is 0 Å². The minimum atomic E-state index is -0.433. The van der Waals surface area contributed by atoms with Crippen LogP contribution in [0.25, 0.3) is 0 Å². The Morgan fingerprint density at radius 1 is 1.06 bits per heavy atom. The van der Waals surface area contributed by atoms with Crippen LogP contribution >= 0.6 is 0 Å². The Labute approximate surface area is 100 Å². The molecule has 1 aliphatic rings. The topological polar surface area (TPSA) is 29.5 Å². The molecule has 3 rings (SSSR count). The molecule has 1 aliphatic heterocycles. The van der Waals surface area contributed by atoms with Gasteiger partial charge < -0.3 is 9.84 Å². The molecule has 1 atom stereocenters. The molecule has 2 aromatic rings. The minimum Gasteiger partial charge on any atom is -0.457 e. The second-order valence-corrected chi connectivity index (χ2v) is 4.43. The molecular weight excluding hydrogens is 212 g/mol. The average Bonchev–Trinajstić information content (AvgIpc) is 2.35. The lowest BCUT2D eigenvalue weighted by atomic mass is 9.97. The van der Waals surface area contributed by atoms with Gasteiger partial charge in [-0.05, 0) is 41.8 Å². The molecule has 0 aromatic heterocycles. The lowest BCUT2D eigenvalue weighted by molar-refractivity contribution is 0.199. The van der Waals surface area contributed by atoms with Crippen molar-refractivity contribution >= 4 is 0 Å². The minimum absolute atomic E-state index is 0.433. The van der Waals surface area contributed by atoms with E-state index in [1.807, 2.05) is 36.4 Å². The number of hydrogen-bond donors (Lipinski definition) is 1. The normalized spacial score (nSPS) is 14.5. The molecular formula is C15H14O2. The van der Waals surface area contributed by atoms with Gasteiger partial charge in [-0.3, -0.25) is 0 Å². The molecule has 2 heteroatoms. The molecule has 0 spiro atoms. The summed E-state index contributed by atoms with van der Waals surface area (Å²) in [4.78, 5) is 0. The Hall–Kier alpha value is -1.80. The van der Waals surface area contributed by atoms with Gasteiger partial charge in [-0.2, -0.15) is 0 Å². The van der Waals surface area contributed by atoms with Crippen LogP contribution in [0.2, 0.25) is 0 Å². The van der Waals surface area contributed by atoms with Crippen LogP contribution < -0.4 is 4.74 Å². The summed E-state index contributed by atoms with van der Waals surface area (Å²) in [6, 6.07) is 13.9. The van der Waals surface area contributed by atoms with Crippen LogP contribution in [0.3, 0.4) is 0 Å². The highest BCUT2D eigenvalue weighted by atomic mass is 16.5. The molecule has 2 aromatic carbocycles. The average molecular weight is 226 g/mol. The highest BCUT2D eigenvalue weighted by Crippen LogP contribution is 2.37. The second kappa shape index (κ2) is 3.90. The highest BCUT2D eigenvalue weighted by Gasteiger charge is 2.17. The van der Waals surface area contributed by atoms with Crippen LogP contribution in [0.15, 0.2) is 42.5 Å². The highest BCUT2D eigenvalue weighted by molar-refractivity contribution is 5.50. The largest absolute Gasteiger partial charge is 0.457 e. The summed E-state index contributed by atoms with van der Waals surface area (Å²) in [6.07, 6.45) is 0.434. The second-order valence-electron chi connectivity index (χ2n) is 4.43. The van der Waals surface area contributed by atoms with Gasteiger partial charge in [-0.1, -0.05) is 24.3 Å². The first kappa shape index (κ1) is 10.4. The number of rotatable bonds is 1. The molecule has 17 heavy (non-hydrogen) atoms. The third-order valence-corrected chi connectivity index (χ3v) is 3.14. The number of ether oxygens (including phenoxy) is 1. The van der Waals surface area contributed by atoms with Crippen molar-refractivity contribution in [2.45, 2.75) is 19.4 Å². The maximum absolute atomic E-state index is 9.58. The van der Waals surface area contributed by atoms with Crippen molar-refractivity contribution in [1.29, 1.82) is 0 Å². The SMILES string of the molecule is CC(O)c1ccc2c(c1)Cc1ccccc1O2. The molecule has 1 heterocycles. The zero-order valence-corrected chi connectivity index (χ0v) is 9.68. The Morgan fingerprint density at radius 2 is 1.82 bits per heavy atom. The van der Waals surface area contributed by atoms with Crippen molar-refractivity contribution in [2.24, 2.45) is 0 Å². The van der Waals surface area contributed by atoms with Crippen molar-refractivity contribution in [3.05, 3.63) is 59.2 Å². The Morgan fingerprint density at radius 3 is 2.65 bits per heavy atom. The van der Waals surface area contributed by atoms with Gasteiger partial charge in [0, 0.05) is 6.42 Å². The van der Waals surface area contributed by atoms with E-state index in [1.165, 1.54) is 5.56 Å². The van der Waals surface area contributed by atoms with E-state index in [0.717, 1.165) is 29.0 Å². The van der Waals surface area contributed by atoms with Gasteiger partial charge in [-0.25, -0.2) is 0 Å². The monoisotopic (exact) mass is 226 g/mol. The summed E-state index contributed by atoms with van der Waals surface area (Å²) in [7, 11) is 0. The first-order valence-corrected chi connectivity index (χ1v) is 5.80. The summed E-state index contributed by atoms with van der Waals surface area (Å²) in [5.74, 6) is 1.83. The first-order valence-electron chi connectivity index (χ1n) is 5.80. The van der Waals surface area contributed by atoms with E-state index < -0.39 is 6.10 Å². The Bertz CT molecular complexity index is 559. The Kier molecular flexibility index (Phi) is 2.37. The van der Waals surface area contributed by atoms with E-state index in [2.05, 4.69) is 6.07 Å². The molecule has 0 fully saturated rings. The van der Waals surface area contributed by atoms with E-state index in [9.17, 15) is 5.11 Å².